The second-order valence-corrected chi connectivity index (χ2v) is 3.04. The molecule has 0 heterocycles. The van der Waals surface area contributed by atoms with Crippen LogP contribution in [0.5, 0.6) is 0 Å². The molecule has 5 N–H and O–H groups in total. The molecular formula is C10H12N3O. The van der Waals surface area contributed by atoms with Gasteiger partial charge in [-0.2, -0.15) is 0 Å². The summed E-state index contributed by atoms with van der Waals surface area (Å²) >= 11 is 0. The lowest BCUT2D eigenvalue weighted by molar-refractivity contribution is 0.541. The number of nitrogens with two attached hydrogens (primary N) is 2. The molecule has 1 rings (SSSR count). The van der Waals surface area contributed by atoms with E-state index in [2.05, 4.69) is 0 Å². The van der Waals surface area contributed by atoms with Gasteiger partial charge in [-0.25, -0.2) is 0 Å². The number of rotatable bonds is 4. The SMILES string of the molecule is N=C(N)c1cccc(C[C@H](N)[C]=O)c1. The molecule has 1 atom stereocenters. The fraction of sp³-hybridized carbons (Fsp3) is 0.200. The van der Waals surface area contributed by atoms with Gasteiger partial charge in [-0.15, -0.1) is 0 Å². The molecule has 0 unspecified atom stereocenters. The predicted molar refractivity (Wildman–Crippen MR) is 54.8 cm³/mol. The first kappa shape index (κ1) is 10.4. The van der Waals surface area contributed by atoms with E-state index < -0.39 is 6.04 Å². The van der Waals surface area contributed by atoms with E-state index in [9.17, 15) is 4.79 Å². The van der Waals surface area contributed by atoms with Crippen LogP contribution < -0.4 is 11.5 Å². The van der Waals surface area contributed by atoms with Crippen LogP contribution in [-0.4, -0.2) is 18.2 Å². The number of amidine groups is 1. The molecule has 0 bridgehead atoms. The van der Waals surface area contributed by atoms with E-state index in [1.165, 1.54) is 0 Å². The summed E-state index contributed by atoms with van der Waals surface area (Å²) in [6, 6.07) is 6.49. The van der Waals surface area contributed by atoms with Crippen molar-refractivity contribution in [2.75, 3.05) is 0 Å². The number of benzene rings is 1. The molecule has 1 aromatic carbocycles. The first-order valence-electron chi connectivity index (χ1n) is 4.20. The largest absolute Gasteiger partial charge is 0.384 e. The van der Waals surface area contributed by atoms with Crippen molar-refractivity contribution in [3.8, 4) is 0 Å². The average molecular weight is 190 g/mol. The molecule has 0 fully saturated rings. The monoisotopic (exact) mass is 190 g/mol. The summed E-state index contributed by atoms with van der Waals surface area (Å²) in [7, 11) is 0. The van der Waals surface area contributed by atoms with E-state index in [-0.39, 0.29) is 5.84 Å². The minimum absolute atomic E-state index is 0.00973. The van der Waals surface area contributed by atoms with Crippen molar-refractivity contribution in [2.45, 2.75) is 12.5 Å². The zero-order chi connectivity index (χ0) is 10.6. The minimum Gasteiger partial charge on any atom is -0.384 e. The summed E-state index contributed by atoms with van der Waals surface area (Å²) < 4.78 is 0. The maximum Gasteiger partial charge on any atom is 0.217 e. The molecule has 0 saturated carbocycles. The van der Waals surface area contributed by atoms with Crippen LogP contribution in [-0.2, 0) is 11.2 Å². The molecule has 0 saturated heterocycles. The quantitative estimate of drug-likeness (QED) is 0.459. The van der Waals surface area contributed by atoms with Gasteiger partial charge in [0.15, 0.2) is 0 Å². The van der Waals surface area contributed by atoms with Gasteiger partial charge in [0.2, 0.25) is 6.29 Å². The number of hydrogen-bond donors (Lipinski definition) is 3. The molecule has 1 aromatic rings. The topological polar surface area (TPSA) is 93.0 Å². The third kappa shape index (κ3) is 2.67. The summed E-state index contributed by atoms with van der Waals surface area (Å²) in [6.07, 6.45) is 2.13. The molecule has 0 aliphatic carbocycles. The Morgan fingerprint density at radius 2 is 2.29 bits per heavy atom. The average Bonchev–Trinajstić information content (AvgIpc) is 2.18. The fourth-order valence-corrected chi connectivity index (χ4v) is 1.16. The Balaban J connectivity index is 2.83. The minimum atomic E-state index is -0.614. The Bertz CT molecular complexity index is 349. The molecule has 4 nitrogen and oxygen atoms in total. The second-order valence-electron chi connectivity index (χ2n) is 3.04. The highest BCUT2D eigenvalue weighted by molar-refractivity contribution is 5.95. The van der Waals surface area contributed by atoms with Gasteiger partial charge in [0, 0.05) is 5.56 Å². The van der Waals surface area contributed by atoms with E-state index in [1.807, 2.05) is 6.07 Å². The van der Waals surface area contributed by atoms with E-state index >= 15 is 0 Å². The fourth-order valence-electron chi connectivity index (χ4n) is 1.16. The third-order valence-corrected chi connectivity index (χ3v) is 1.84. The van der Waals surface area contributed by atoms with Crippen LogP contribution in [0.1, 0.15) is 11.1 Å². The van der Waals surface area contributed by atoms with E-state index in [0.717, 1.165) is 5.56 Å². The Morgan fingerprint density at radius 3 is 2.86 bits per heavy atom. The zero-order valence-corrected chi connectivity index (χ0v) is 7.66. The number of nitrogens with one attached hydrogen (secondary N) is 1. The molecule has 14 heavy (non-hydrogen) atoms. The summed E-state index contributed by atoms with van der Waals surface area (Å²) in [5.41, 5.74) is 12.3. The van der Waals surface area contributed by atoms with Crippen LogP contribution in [0.2, 0.25) is 0 Å². The van der Waals surface area contributed by atoms with Crippen LogP contribution in [0, 0.1) is 5.41 Å². The standard InChI is InChI=1S/C10H12N3O/c11-9(6-14)5-7-2-1-3-8(4-7)10(12)13/h1-4,9H,5,11H2,(H3,12,13)/t9-/m0/s1. The summed E-state index contributed by atoms with van der Waals surface area (Å²) in [5, 5.41) is 7.23. The van der Waals surface area contributed by atoms with Crippen molar-refractivity contribution >= 4 is 12.1 Å². The summed E-state index contributed by atoms with van der Waals surface area (Å²) in [4.78, 5) is 10.2. The molecule has 4 heteroatoms. The predicted octanol–water partition coefficient (Wildman–Crippen LogP) is -0.0498. The maximum atomic E-state index is 10.2. The van der Waals surface area contributed by atoms with Crippen molar-refractivity contribution in [1.29, 1.82) is 5.41 Å². The lowest BCUT2D eigenvalue weighted by atomic mass is 10.0. The van der Waals surface area contributed by atoms with Gasteiger partial charge in [0.25, 0.3) is 0 Å². The smallest absolute Gasteiger partial charge is 0.217 e. The van der Waals surface area contributed by atoms with Gasteiger partial charge in [0.1, 0.15) is 5.84 Å². The molecule has 0 aliphatic rings. The third-order valence-electron chi connectivity index (χ3n) is 1.84. The van der Waals surface area contributed by atoms with Crippen molar-refractivity contribution in [2.24, 2.45) is 11.5 Å². The number of hydrogen-bond acceptors (Lipinski definition) is 3. The molecule has 1 radical (unpaired) electrons. The van der Waals surface area contributed by atoms with Gasteiger partial charge in [-0.1, -0.05) is 18.2 Å². The molecule has 0 amide bonds. The Kier molecular flexibility index (Phi) is 3.36. The molecule has 73 valence electrons. The Morgan fingerprint density at radius 1 is 1.57 bits per heavy atom. The van der Waals surface area contributed by atoms with Crippen LogP contribution in [0.3, 0.4) is 0 Å². The van der Waals surface area contributed by atoms with Gasteiger partial charge in [0.05, 0.1) is 6.04 Å². The normalized spacial score (nSPS) is 12.1. The maximum absolute atomic E-state index is 10.2. The molecular weight excluding hydrogens is 178 g/mol. The first-order chi connectivity index (χ1) is 6.63. The summed E-state index contributed by atoms with van der Waals surface area (Å²) in [5.74, 6) is 0.00973. The first-order valence-corrected chi connectivity index (χ1v) is 4.20. The Labute approximate surface area is 82.4 Å². The van der Waals surface area contributed by atoms with E-state index in [4.69, 9.17) is 16.9 Å². The lowest BCUT2D eigenvalue weighted by Gasteiger charge is -2.05. The molecule has 0 spiro atoms. The van der Waals surface area contributed by atoms with Gasteiger partial charge >= 0.3 is 0 Å². The zero-order valence-electron chi connectivity index (χ0n) is 7.66. The van der Waals surface area contributed by atoms with Crippen LogP contribution in [0.25, 0.3) is 0 Å². The highest BCUT2D eigenvalue weighted by Crippen LogP contribution is 2.06. The van der Waals surface area contributed by atoms with Crippen LogP contribution in [0.4, 0.5) is 0 Å². The van der Waals surface area contributed by atoms with Crippen LogP contribution >= 0.6 is 0 Å². The van der Waals surface area contributed by atoms with Gasteiger partial charge in [-0.3, -0.25) is 10.2 Å². The lowest BCUT2D eigenvalue weighted by Crippen LogP contribution is -2.24. The highest BCUT2D eigenvalue weighted by atomic mass is 16.1. The van der Waals surface area contributed by atoms with Crippen molar-refractivity contribution in [3.63, 3.8) is 0 Å². The van der Waals surface area contributed by atoms with Gasteiger partial charge < -0.3 is 11.5 Å². The molecule has 0 aliphatic heterocycles. The van der Waals surface area contributed by atoms with Crippen LogP contribution in [0.15, 0.2) is 24.3 Å². The second kappa shape index (κ2) is 4.53. The number of carbonyl (C=O) groups excluding carboxylic acids is 1. The van der Waals surface area contributed by atoms with E-state index in [0.29, 0.717) is 12.0 Å². The van der Waals surface area contributed by atoms with Gasteiger partial charge in [-0.05, 0) is 18.1 Å². The number of nitrogen functional groups attached to an aromatic ring is 1. The van der Waals surface area contributed by atoms with Crippen molar-refractivity contribution in [3.05, 3.63) is 35.4 Å². The molecule has 0 aromatic heterocycles. The van der Waals surface area contributed by atoms with E-state index in [1.54, 1.807) is 24.5 Å². The Hall–Kier alpha value is -1.68. The van der Waals surface area contributed by atoms with Crippen molar-refractivity contribution < 1.29 is 4.79 Å². The summed E-state index contributed by atoms with van der Waals surface area (Å²) in [6.45, 7) is 0. The highest BCUT2D eigenvalue weighted by Gasteiger charge is 2.04. The van der Waals surface area contributed by atoms with Crippen molar-refractivity contribution in [1.82, 2.24) is 0 Å².